The number of nitrogens with zero attached hydrogens (tertiary/aromatic N) is 17. The molecule has 39 nitrogen and oxygen atoms in total. The fourth-order valence-electron chi connectivity index (χ4n) is 13.9. The van der Waals surface area contributed by atoms with Crippen LogP contribution in [0.3, 0.4) is 0 Å². The van der Waals surface area contributed by atoms with Crippen molar-refractivity contribution in [3.8, 4) is 17.1 Å². The van der Waals surface area contributed by atoms with Crippen molar-refractivity contribution in [3.05, 3.63) is 305 Å². The van der Waals surface area contributed by atoms with E-state index in [1.54, 1.807) is 122 Å². The second-order valence-electron chi connectivity index (χ2n) is 28.8. The maximum atomic E-state index is 15.2. The van der Waals surface area contributed by atoms with Crippen LogP contribution in [0.5, 0.6) is 0 Å². The lowest BCUT2D eigenvalue weighted by Crippen LogP contribution is -2.54. The smallest absolute Gasteiger partial charge is 0.340 e. The Hall–Kier alpha value is -14.6. The number of nitrogen functional groups attached to an aromatic ring is 1. The SMILES string of the molecule is CO.COC(=O)c1ccccc1-n1cc(N)cn1.COC(=O)c1ccccc1-n1cc([N+](=O)[O-])cn1.COC(=O)c1ccccc1Br.COC[C@H](C(=O)Nc1cccc2c1CC=C2c1nc(Cl)ncc1F)N1CCN(C)CC1.COC[C@H](C(=O)Nc1cccc2c1CC=C2c1nc(Nc2cnn(-c3ccccc3C(=O)OC)c2)ncc1F)N1CCN(C)CC1.O=[N+]([O-])c1cn[nH]c1. The molecule has 7 N–H and O–H groups in total. The van der Waals surface area contributed by atoms with Crippen LogP contribution in [-0.4, -0.2) is 271 Å². The number of aromatic nitrogens is 12. The van der Waals surface area contributed by atoms with Gasteiger partial charge in [-0.25, -0.2) is 61.9 Å². The third-order valence-electron chi connectivity index (χ3n) is 20.5. The van der Waals surface area contributed by atoms with Crippen LogP contribution in [0, 0.1) is 31.9 Å². The third-order valence-corrected chi connectivity index (χ3v) is 21.4. The van der Waals surface area contributed by atoms with E-state index in [0.717, 1.165) is 111 Å². The van der Waals surface area contributed by atoms with E-state index in [4.69, 9.17) is 41.4 Å². The number of anilines is 5. The van der Waals surface area contributed by atoms with Crippen molar-refractivity contribution in [3.63, 3.8) is 0 Å². The van der Waals surface area contributed by atoms with Crippen LogP contribution in [0.2, 0.25) is 5.28 Å². The van der Waals surface area contributed by atoms with E-state index in [2.05, 4.69) is 120 Å². The molecular formula is C89H94BrClF2N22O17. The van der Waals surface area contributed by atoms with Gasteiger partial charge in [0.1, 0.15) is 42.1 Å². The number of ether oxygens (including phenoxy) is 6. The number of nitro groups is 2. The summed E-state index contributed by atoms with van der Waals surface area (Å²) in [6.45, 7) is 7.37. The molecule has 0 radical (unpaired) electrons. The number of carbonyl (C=O) groups excluding carboxylic acids is 6. The molecule has 2 fully saturated rings. The van der Waals surface area contributed by atoms with Crippen molar-refractivity contribution in [1.82, 2.24) is 79.1 Å². The van der Waals surface area contributed by atoms with Crippen LogP contribution in [0.1, 0.15) is 75.1 Å². The van der Waals surface area contributed by atoms with Crippen LogP contribution in [0.25, 0.3) is 28.2 Å². The predicted octanol–water partition coefficient (Wildman–Crippen LogP) is 10.9. The Bertz CT molecular complexity index is 6080. The van der Waals surface area contributed by atoms with Gasteiger partial charge in [-0.3, -0.25) is 44.7 Å². The first-order valence-corrected chi connectivity index (χ1v) is 41.5. The van der Waals surface area contributed by atoms with Crippen molar-refractivity contribution < 1.29 is 80.9 Å². The number of piperazine rings is 2. The molecule has 2 atom stereocenters. The highest BCUT2D eigenvalue weighted by Crippen LogP contribution is 2.40. The summed E-state index contributed by atoms with van der Waals surface area (Å²) in [6, 6.07) is 38.1. The molecule has 2 saturated heterocycles. The van der Waals surface area contributed by atoms with Gasteiger partial charge in [-0.2, -0.15) is 20.4 Å². The van der Waals surface area contributed by atoms with E-state index < -0.39 is 45.4 Å². The molecule has 6 aromatic heterocycles. The number of methoxy groups -OCH3 is 6. The van der Waals surface area contributed by atoms with Crippen molar-refractivity contribution >= 4 is 114 Å². The summed E-state index contributed by atoms with van der Waals surface area (Å²) in [5, 5.41) is 54.6. The molecule has 12 aromatic rings. The summed E-state index contributed by atoms with van der Waals surface area (Å²) in [4.78, 5) is 117. The van der Waals surface area contributed by atoms with Gasteiger partial charge in [-0.05, 0) is 137 Å². The molecule has 0 bridgehead atoms. The molecule has 43 heteroatoms. The quantitative estimate of drug-likeness (QED) is 0.0114. The van der Waals surface area contributed by atoms with Gasteiger partial charge in [0.2, 0.25) is 23.0 Å². The molecule has 690 valence electrons. The first-order chi connectivity index (χ1) is 63.7. The summed E-state index contributed by atoms with van der Waals surface area (Å²) in [5.74, 6) is -2.90. The highest BCUT2D eigenvalue weighted by molar-refractivity contribution is 9.10. The van der Waals surface area contributed by atoms with Gasteiger partial charge in [0.15, 0.2) is 11.6 Å². The topological polar surface area (TPSA) is 473 Å². The van der Waals surface area contributed by atoms with E-state index in [1.807, 2.05) is 60.7 Å². The maximum absolute atomic E-state index is 15.2. The zero-order chi connectivity index (χ0) is 95.1. The summed E-state index contributed by atoms with van der Waals surface area (Å²) in [5.41, 5.74) is 16.1. The summed E-state index contributed by atoms with van der Waals surface area (Å²) < 4.78 is 64.2. The molecular weight excluding hydrogens is 1800 g/mol. The zero-order valence-corrected chi connectivity index (χ0v) is 75.3. The number of fused-ring (bicyclic) bond motifs is 2. The minimum atomic E-state index is -0.572. The molecule has 6 aromatic carbocycles. The Morgan fingerprint density at radius 3 is 1.36 bits per heavy atom. The lowest BCUT2D eigenvalue weighted by molar-refractivity contribution is -0.385. The number of amides is 2. The van der Waals surface area contributed by atoms with Gasteiger partial charge in [-0.15, -0.1) is 0 Å². The predicted molar refractivity (Wildman–Crippen MR) is 488 cm³/mol. The van der Waals surface area contributed by atoms with E-state index in [-0.39, 0.29) is 70.0 Å². The molecule has 2 aliphatic heterocycles. The van der Waals surface area contributed by atoms with Crippen molar-refractivity contribution in [2.45, 2.75) is 24.9 Å². The second kappa shape index (κ2) is 48.7. The second-order valence-corrected chi connectivity index (χ2v) is 30.0. The molecule has 4 aliphatic rings. The lowest BCUT2D eigenvalue weighted by atomic mass is 10.0. The van der Waals surface area contributed by atoms with Gasteiger partial charge in [0, 0.05) is 101 Å². The molecule has 0 spiro atoms. The van der Waals surface area contributed by atoms with Crippen LogP contribution < -0.4 is 21.7 Å². The number of nitrogens with one attached hydrogen (secondary N) is 4. The average Bonchev–Trinajstić information content (AvgIpc) is 1.62. The zero-order valence-electron chi connectivity index (χ0n) is 72.9. The number of aliphatic hydroxyl groups excluding tert-OH is 1. The fourth-order valence-corrected chi connectivity index (χ4v) is 14.5. The fraction of sp³-hybridized carbons (Fsp3) is 0.258. The number of hydrogen-bond donors (Lipinski definition) is 6. The summed E-state index contributed by atoms with van der Waals surface area (Å²) in [6.07, 6.45) is 18.2. The molecule has 2 aliphatic carbocycles. The van der Waals surface area contributed by atoms with Gasteiger partial charge in [0.25, 0.3) is 0 Å². The maximum Gasteiger partial charge on any atom is 0.340 e. The normalized spacial score (nSPS) is 13.6. The van der Waals surface area contributed by atoms with E-state index >= 15 is 4.39 Å². The highest BCUT2D eigenvalue weighted by Gasteiger charge is 2.33. The van der Waals surface area contributed by atoms with Crippen LogP contribution in [0.4, 0.5) is 48.9 Å². The Morgan fingerprint density at radius 1 is 0.523 bits per heavy atom. The Labute approximate surface area is 768 Å². The average molecular weight is 1900 g/mol. The number of benzene rings is 6. The monoisotopic (exact) mass is 1890 g/mol. The first-order valence-electron chi connectivity index (χ1n) is 40.3. The number of hydrogen-bond acceptors (Lipinski definition) is 31. The molecule has 8 heterocycles. The van der Waals surface area contributed by atoms with Crippen molar-refractivity contribution in [2.75, 3.05) is 151 Å². The summed E-state index contributed by atoms with van der Waals surface area (Å²) >= 11 is 9.11. The number of para-hydroxylation sites is 3. The molecule has 132 heavy (non-hydrogen) atoms. The Morgan fingerprint density at radius 2 is 0.939 bits per heavy atom. The number of aromatic amines is 1. The van der Waals surface area contributed by atoms with Crippen LogP contribution >= 0.6 is 27.5 Å². The van der Waals surface area contributed by atoms with Crippen molar-refractivity contribution in [1.29, 1.82) is 0 Å². The number of esters is 4. The number of rotatable bonds is 23. The number of H-pyrrole nitrogens is 1. The standard InChI is InChI=1S/C33H35FN8O4.C22H25ClFN5O2.C11H9N3O4.C11H11N3O2.C8H7BrO2.C3H3N3O2.CH4O/c1-40-13-15-41(16-14-40)29(20-45-2)31(43)38-27-9-6-8-22-23(27)11-12-24(22)30-26(34)18-35-33(39-30)37-21-17-36-42(19-21)28-10-5-4-7-25(28)32(44)46-3;1-28-8-10-29(11-9-28)19(13-31-2)21(30)26-18-5-3-4-14-15(18)6-7-16(14)20-17(24)12-25-22(23)27-20;1-18-11(15)9-4-2-3-5-10(9)13-7-8(6-12-13)14(16)17;1-16-11(15)9-4-2-3-5-10(9)14-7-8(12)6-13-14;1-11-8(10)6-4-2-3-5-7(6)9;7-6(8)3-1-4-5-2-3;1-2/h4-10,12,17-19,29H,11,13-16,20H2,1-3H3,(H,38,43)(H,35,37,39);3-5,7,12,19H,6,8-11,13H2,1-2H3,(H,26,30);2-7H,1H3;2-7H,12H2,1H3;2-5H,1H3;1-2H,(H,4,5);2H,1H3/t29-;19-;;;;;/m11...../s1. The molecule has 0 saturated carbocycles. The van der Waals surface area contributed by atoms with Crippen LogP contribution in [-0.2, 0) is 50.9 Å². The van der Waals surface area contributed by atoms with Crippen molar-refractivity contribution in [2.24, 2.45) is 0 Å². The number of allylic oxidation sites excluding steroid dienone is 2. The number of nitrogens with two attached hydrogens (primary N) is 1. The highest BCUT2D eigenvalue weighted by atomic mass is 79.9. The van der Waals surface area contributed by atoms with Crippen LogP contribution in [0.15, 0.2) is 212 Å². The largest absolute Gasteiger partial charge is 0.465 e. The van der Waals surface area contributed by atoms with E-state index in [9.17, 15) is 53.4 Å². The number of likely N-dealkylation sites (N-methyl/N-ethyl adjacent to an activating group) is 2. The number of halogens is 4. The van der Waals surface area contributed by atoms with Gasteiger partial charge in [-0.1, -0.05) is 84.9 Å². The molecule has 0 unspecified atom stereocenters. The Balaban J connectivity index is 0.000000180. The van der Waals surface area contributed by atoms with E-state index in [1.165, 1.54) is 56.4 Å². The first kappa shape index (κ1) is 99.5. The van der Waals surface area contributed by atoms with Gasteiger partial charge in [0.05, 0.1) is 146 Å². The summed E-state index contributed by atoms with van der Waals surface area (Å²) in [7, 11) is 13.7. The third kappa shape index (κ3) is 25.9. The Kier molecular flexibility index (Phi) is 36.7. The minimum absolute atomic E-state index is 0.00926. The number of aliphatic hydroxyl groups is 1. The van der Waals surface area contributed by atoms with E-state index in [0.29, 0.717) is 87.1 Å². The lowest BCUT2D eigenvalue weighted by Gasteiger charge is -2.36. The molecule has 2 amide bonds. The van der Waals surface area contributed by atoms with Gasteiger partial charge < -0.3 is 65.0 Å². The minimum Gasteiger partial charge on any atom is -0.465 e. The molecule has 16 rings (SSSR count). The number of carbonyl (C=O) groups is 6. The van der Waals surface area contributed by atoms with Gasteiger partial charge >= 0.3 is 35.3 Å².